The summed E-state index contributed by atoms with van der Waals surface area (Å²) in [5, 5.41) is 4.04. The molecule has 0 atom stereocenters. The Morgan fingerprint density at radius 1 is 1.22 bits per heavy atom. The number of benzene rings is 1. The first kappa shape index (κ1) is 13.0. The van der Waals surface area contributed by atoms with Gasteiger partial charge in [-0.25, -0.2) is 8.78 Å². The first-order valence-corrected chi connectivity index (χ1v) is 6.10. The lowest BCUT2D eigenvalue weighted by molar-refractivity contribution is 0.145. The normalized spacial score (nSPS) is 11.1. The second-order valence-corrected chi connectivity index (χ2v) is 4.39. The summed E-state index contributed by atoms with van der Waals surface area (Å²) in [6.07, 6.45) is -0.882. The molecule has 0 bridgehead atoms. The van der Waals surface area contributed by atoms with E-state index in [4.69, 9.17) is 11.6 Å². The Kier molecular flexibility index (Phi) is 4.31. The minimum atomic E-state index is -2.57. The van der Waals surface area contributed by atoms with E-state index in [1.165, 1.54) is 16.3 Å². The molecule has 0 saturated heterocycles. The molecular weight excluding hydrogens is 258 g/mol. The van der Waals surface area contributed by atoms with Crippen LogP contribution >= 0.6 is 11.6 Å². The number of hydrogen-bond donors (Lipinski definition) is 0. The predicted octanol–water partition coefficient (Wildman–Crippen LogP) is 4.11. The van der Waals surface area contributed by atoms with Crippen molar-refractivity contribution in [3.63, 3.8) is 0 Å². The summed E-state index contributed by atoms with van der Waals surface area (Å²) in [7, 11) is 0. The zero-order chi connectivity index (χ0) is 13.0. The standard InChI is InChI=1S/C13H13ClF2N2/c14-12-9-11(13(15)16)17-18(12)8-4-7-10-5-2-1-3-6-10/h1-3,5-6,9,13H,4,7-8H2. The van der Waals surface area contributed by atoms with Gasteiger partial charge in [-0.05, 0) is 18.4 Å². The molecule has 2 aromatic rings. The van der Waals surface area contributed by atoms with E-state index in [-0.39, 0.29) is 10.8 Å². The Morgan fingerprint density at radius 3 is 2.56 bits per heavy atom. The van der Waals surface area contributed by atoms with Gasteiger partial charge < -0.3 is 0 Å². The van der Waals surface area contributed by atoms with Crippen LogP contribution in [-0.4, -0.2) is 9.78 Å². The topological polar surface area (TPSA) is 17.8 Å². The number of aromatic nitrogens is 2. The van der Waals surface area contributed by atoms with Crippen molar-refractivity contribution in [1.82, 2.24) is 9.78 Å². The van der Waals surface area contributed by atoms with Gasteiger partial charge in [-0.2, -0.15) is 5.10 Å². The maximum atomic E-state index is 12.4. The number of alkyl halides is 2. The van der Waals surface area contributed by atoms with Crippen molar-refractivity contribution in [2.45, 2.75) is 25.8 Å². The zero-order valence-electron chi connectivity index (χ0n) is 9.69. The van der Waals surface area contributed by atoms with E-state index in [0.29, 0.717) is 6.54 Å². The molecule has 0 aliphatic heterocycles. The van der Waals surface area contributed by atoms with Crippen molar-refractivity contribution in [2.24, 2.45) is 0 Å². The minimum Gasteiger partial charge on any atom is -0.254 e. The highest BCUT2D eigenvalue weighted by atomic mass is 35.5. The lowest BCUT2D eigenvalue weighted by Gasteiger charge is -2.03. The van der Waals surface area contributed by atoms with Crippen molar-refractivity contribution >= 4 is 11.6 Å². The number of halogens is 3. The summed E-state index contributed by atoms with van der Waals surface area (Å²) in [6.45, 7) is 0.542. The van der Waals surface area contributed by atoms with E-state index in [1.54, 1.807) is 0 Å². The van der Waals surface area contributed by atoms with Crippen LogP contribution in [0.25, 0.3) is 0 Å². The number of rotatable bonds is 5. The van der Waals surface area contributed by atoms with Crippen LogP contribution in [0.5, 0.6) is 0 Å². The summed E-state index contributed by atoms with van der Waals surface area (Å²) in [6, 6.07) is 11.2. The quantitative estimate of drug-likeness (QED) is 0.800. The molecule has 0 radical (unpaired) electrons. The largest absolute Gasteiger partial charge is 0.282 e. The van der Waals surface area contributed by atoms with E-state index in [1.807, 2.05) is 30.3 Å². The van der Waals surface area contributed by atoms with E-state index in [2.05, 4.69) is 5.10 Å². The van der Waals surface area contributed by atoms with Gasteiger partial charge in [0.05, 0.1) is 0 Å². The highest BCUT2D eigenvalue weighted by Gasteiger charge is 2.13. The molecule has 5 heteroatoms. The molecular formula is C13H13ClF2N2. The molecule has 96 valence electrons. The maximum Gasteiger partial charge on any atom is 0.282 e. The lowest BCUT2D eigenvalue weighted by Crippen LogP contribution is -2.02. The van der Waals surface area contributed by atoms with E-state index in [9.17, 15) is 8.78 Å². The van der Waals surface area contributed by atoms with Crippen molar-refractivity contribution in [2.75, 3.05) is 0 Å². The second kappa shape index (κ2) is 5.96. The van der Waals surface area contributed by atoms with Gasteiger partial charge in [-0.15, -0.1) is 0 Å². The van der Waals surface area contributed by atoms with Crippen LogP contribution in [0.4, 0.5) is 8.78 Å². The third kappa shape index (κ3) is 3.29. The van der Waals surface area contributed by atoms with Crippen molar-refractivity contribution in [1.29, 1.82) is 0 Å². The third-order valence-electron chi connectivity index (χ3n) is 2.65. The third-order valence-corrected chi connectivity index (χ3v) is 2.96. The Bertz CT molecular complexity index is 497. The lowest BCUT2D eigenvalue weighted by atomic mass is 10.1. The first-order chi connectivity index (χ1) is 8.66. The maximum absolute atomic E-state index is 12.4. The first-order valence-electron chi connectivity index (χ1n) is 5.72. The fourth-order valence-electron chi connectivity index (χ4n) is 1.75. The monoisotopic (exact) mass is 270 g/mol. The van der Waals surface area contributed by atoms with E-state index >= 15 is 0 Å². The summed E-state index contributed by atoms with van der Waals surface area (Å²) in [4.78, 5) is 0. The van der Waals surface area contributed by atoms with Gasteiger partial charge in [-0.1, -0.05) is 41.9 Å². The summed E-state index contributed by atoms with van der Waals surface area (Å²) in [5.41, 5.74) is 0.953. The SMILES string of the molecule is FC(F)c1cc(Cl)n(CCCc2ccccc2)n1. The van der Waals surface area contributed by atoms with Gasteiger partial charge >= 0.3 is 0 Å². The number of aryl methyl sites for hydroxylation is 2. The summed E-state index contributed by atoms with van der Waals surface area (Å²) in [5.74, 6) is 0. The number of nitrogens with zero attached hydrogens (tertiary/aromatic N) is 2. The van der Waals surface area contributed by atoms with Crippen LogP contribution in [0.2, 0.25) is 5.15 Å². The molecule has 0 aliphatic rings. The molecule has 0 N–H and O–H groups in total. The highest BCUT2D eigenvalue weighted by Crippen LogP contribution is 2.21. The highest BCUT2D eigenvalue weighted by molar-refractivity contribution is 6.29. The molecule has 0 spiro atoms. The Labute approximate surface area is 109 Å². The van der Waals surface area contributed by atoms with Crippen molar-refractivity contribution in [3.8, 4) is 0 Å². The Hall–Kier alpha value is -1.42. The molecule has 1 aromatic carbocycles. The van der Waals surface area contributed by atoms with Gasteiger partial charge in [0, 0.05) is 12.6 Å². The minimum absolute atomic E-state index is 0.262. The van der Waals surface area contributed by atoms with Crippen LogP contribution in [0.3, 0.4) is 0 Å². The van der Waals surface area contributed by atoms with E-state index in [0.717, 1.165) is 12.8 Å². The molecule has 1 heterocycles. The van der Waals surface area contributed by atoms with Gasteiger partial charge in [0.2, 0.25) is 0 Å². The molecule has 0 fully saturated rings. The van der Waals surface area contributed by atoms with Crippen molar-refractivity contribution < 1.29 is 8.78 Å². The Morgan fingerprint density at radius 2 is 1.94 bits per heavy atom. The average Bonchev–Trinajstić information content (AvgIpc) is 2.73. The van der Waals surface area contributed by atoms with Gasteiger partial charge in [0.1, 0.15) is 10.8 Å². The molecule has 0 unspecified atom stereocenters. The Balaban J connectivity index is 1.90. The number of hydrogen-bond acceptors (Lipinski definition) is 1. The molecule has 0 saturated carbocycles. The fraction of sp³-hybridized carbons (Fsp3) is 0.308. The van der Waals surface area contributed by atoms with Crippen LogP contribution in [0, 0.1) is 0 Å². The van der Waals surface area contributed by atoms with Crippen LogP contribution < -0.4 is 0 Å². The van der Waals surface area contributed by atoms with Gasteiger partial charge in [-0.3, -0.25) is 4.68 Å². The van der Waals surface area contributed by atoms with Crippen LogP contribution in [0.1, 0.15) is 24.1 Å². The van der Waals surface area contributed by atoms with Gasteiger partial charge in [0.25, 0.3) is 6.43 Å². The van der Waals surface area contributed by atoms with Gasteiger partial charge in [0.15, 0.2) is 0 Å². The fourth-order valence-corrected chi connectivity index (χ4v) is 1.99. The molecule has 2 rings (SSSR count). The predicted molar refractivity (Wildman–Crippen MR) is 67.0 cm³/mol. The molecule has 1 aromatic heterocycles. The molecule has 2 nitrogen and oxygen atoms in total. The summed E-state index contributed by atoms with van der Waals surface area (Å²) >= 11 is 5.84. The second-order valence-electron chi connectivity index (χ2n) is 4.00. The van der Waals surface area contributed by atoms with Crippen LogP contribution in [-0.2, 0) is 13.0 Å². The molecule has 18 heavy (non-hydrogen) atoms. The smallest absolute Gasteiger partial charge is 0.254 e. The average molecular weight is 271 g/mol. The zero-order valence-corrected chi connectivity index (χ0v) is 10.4. The molecule has 0 aliphatic carbocycles. The molecule has 0 amide bonds. The van der Waals surface area contributed by atoms with Crippen molar-refractivity contribution in [3.05, 3.63) is 52.8 Å². The van der Waals surface area contributed by atoms with Crippen LogP contribution in [0.15, 0.2) is 36.4 Å². The summed E-state index contributed by atoms with van der Waals surface area (Å²) < 4.78 is 26.2. The van der Waals surface area contributed by atoms with E-state index < -0.39 is 6.43 Å².